The van der Waals surface area contributed by atoms with Gasteiger partial charge in [-0.25, -0.2) is 9.97 Å². The minimum atomic E-state index is -0.509. The van der Waals surface area contributed by atoms with E-state index in [1.54, 1.807) is 24.5 Å². The number of fused-ring (bicyclic) bond motifs is 1. The van der Waals surface area contributed by atoms with Crippen LogP contribution in [0.2, 0.25) is 5.02 Å². The van der Waals surface area contributed by atoms with Gasteiger partial charge in [-0.1, -0.05) is 23.7 Å². The standard InChI is InChI=1S/C23H21ClFN5/c1-29-22(15-2-5-17(6-3-15)30-12-10-26-11-13-30)20(16-4-7-19(25)28-14-16)21-18(24)8-9-27-23(21)29/h2-9,14,26H,10-13H2,1H3. The number of aryl methyl sites for hydroxylation is 1. The first-order valence-electron chi connectivity index (χ1n) is 9.94. The van der Waals surface area contributed by atoms with Crippen molar-refractivity contribution in [1.29, 1.82) is 0 Å². The number of hydrogen-bond donors (Lipinski definition) is 1. The van der Waals surface area contributed by atoms with E-state index in [9.17, 15) is 4.39 Å². The summed E-state index contributed by atoms with van der Waals surface area (Å²) in [5, 5.41) is 4.84. The molecule has 7 heteroatoms. The van der Waals surface area contributed by atoms with Gasteiger partial charge in [-0.3, -0.25) is 0 Å². The minimum absolute atomic E-state index is 0.509. The maximum absolute atomic E-state index is 13.5. The molecule has 1 aromatic carbocycles. The number of piperazine rings is 1. The summed E-state index contributed by atoms with van der Waals surface area (Å²) in [4.78, 5) is 10.8. The monoisotopic (exact) mass is 421 g/mol. The predicted molar refractivity (Wildman–Crippen MR) is 119 cm³/mol. The molecule has 0 atom stereocenters. The highest BCUT2D eigenvalue weighted by Crippen LogP contribution is 2.42. The van der Waals surface area contributed by atoms with Gasteiger partial charge in [-0.2, -0.15) is 4.39 Å². The van der Waals surface area contributed by atoms with Gasteiger partial charge in [-0.05, 0) is 35.9 Å². The smallest absolute Gasteiger partial charge is 0.212 e. The van der Waals surface area contributed by atoms with Crippen molar-refractivity contribution in [1.82, 2.24) is 19.9 Å². The lowest BCUT2D eigenvalue weighted by atomic mass is 9.99. The lowest BCUT2D eigenvalue weighted by Crippen LogP contribution is -2.43. The Morgan fingerprint density at radius 3 is 2.40 bits per heavy atom. The second kappa shape index (κ2) is 7.70. The van der Waals surface area contributed by atoms with E-state index in [2.05, 4.69) is 44.5 Å². The van der Waals surface area contributed by atoms with E-state index in [4.69, 9.17) is 11.6 Å². The van der Waals surface area contributed by atoms with Crippen LogP contribution in [0.1, 0.15) is 0 Å². The summed E-state index contributed by atoms with van der Waals surface area (Å²) >= 11 is 6.58. The van der Waals surface area contributed by atoms with Gasteiger partial charge in [0.05, 0.1) is 10.7 Å². The molecule has 5 rings (SSSR count). The van der Waals surface area contributed by atoms with Crippen LogP contribution in [0.4, 0.5) is 10.1 Å². The average molecular weight is 422 g/mol. The molecular formula is C23H21ClFN5. The molecule has 1 fully saturated rings. The van der Waals surface area contributed by atoms with Gasteiger partial charge in [0.2, 0.25) is 5.95 Å². The zero-order valence-corrected chi connectivity index (χ0v) is 17.3. The summed E-state index contributed by atoms with van der Waals surface area (Å²) < 4.78 is 15.5. The number of anilines is 1. The summed E-state index contributed by atoms with van der Waals surface area (Å²) in [6.45, 7) is 3.99. The van der Waals surface area contributed by atoms with Crippen molar-refractivity contribution in [3.05, 3.63) is 65.8 Å². The second-order valence-electron chi connectivity index (χ2n) is 7.43. The SMILES string of the molecule is Cn1c(-c2ccc(N3CCNCC3)cc2)c(-c2ccc(F)nc2)c2c(Cl)ccnc21. The molecule has 0 saturated carbocycles. The molecule has 0 unspecified atom stereocenters. The fourth-order valence-corrected chi connectivity index (χ4v) is 4.44. The lowest BCUT2D eigenvalue weighted by molar-refractivity contribution is 0.584. The van der Waals surface area contributed by atoms with Gasteiger partial charge in [0.1, 0.15) is 5.65 Å². The zero-order chi connectivity index (χ0) is 20.7. The van der Waals surface area contributed by atoms with Crippen LogP contribution in [0.5, 0.6) is 0 Å². The first kappa shape index (κ1) is 19.0. The summed E-state index contributed by atoms with van der Waals surface area (Å²) in [6.07, 6.45) is 3.25. The van der Waals surface area contributed by atoms with Gasteiger partial charge >= 0.3 is 0 Å². The number of pyridine rings is 2. The predicted octanol–water partition coefficient (Wildman–Crippen LogP) is 4.50. The molecule has 4 aromatic rings. The number of nitrogens with one attached hydrogen (secondary N) is 1. The Kier molecular flexibility index (Phi) is 4.89. The maximum Gasteiger partial charge on any atom is 0.212 e. The molecule has 1 aliphatic rings. The topological polar surface area (TPSA) is 46.0 Å². The maximum atomic E-state index is 13.5. The van der Waals surface area contributed by atoms with Crippen molar-refractivity contribution in [3.63, 3.8) is 0 Å². The molecule has 1 aliphatic heterocycles. The molecule has 152 valence electrons. The van der Waals surface area contributed by atoms with Crippen molar-refractivity contribution in [2.75, 3.05) is 31.1 Å². The van der Waals surface area contributed by atoms with Gasteiger partial charge in [0.15, 0.2) is 0 Å². The second-order valence-corrected chi connectivity index (χ2v) is 7.83. The zero-order valence-electron chi connectivity index (χ0n) is 16.6. The molecule has 30 heavy (non-hydrogen) atoms. The van der Waals surface area contributed by atoms with Gasteiger partial charge < -0.3 is 14.8 Å². The summed E-state index contributed by atoms with van der Waals surface area (Å²) in [7, 11) is 1.98. The van der Waals surface area contributed by atoms with Gasteiger partial charge in [0.25, 0.3) is 0 Å². The molecule has 4 heterocycles. The Morgan fingerprint density at radius 2 is 1.70 bits per heavy atom. The van der Waals surface area contributed by atoms with Crippen molar-refractivity contribution in [3.8, 4) is 22.4 Å². The van der Waals surface area contributed by atoms with E-state index < -0.39 is 5.95 Å². The van der Waals surface area contributed by atoms with E-state index >= 15 is 0 Å². The Bertz CT molecular complexity index is 1200. The number of hydrogen-bond acceptors (Lipinski definition) is 4. The van der Waals surface area contributed by atoms with Crippen molar-refractivity contribution < 1.29 is 4.39 Å². The number of nitrogens with zero attached hydrogens (tertiary/aromatic N) is 4. The van der Waals surface area contributed by atoms with Crippen LogP contribution in [-0.2, 0) is 7.05 Å². The molecule has 5 nitrogen and oxygen atoms in total. The summed E-state index contributed by atoms with van der Waals surface area (Å²) in [5.41, 5.74) is 5.73. The van der Waals surface area contributed by atoms with Crippen LogP contribution < -0.4 is 10.2 Å². The number of rotatable bonds is 3. The first-order valence-corrected chi connectivity index (χ1v) is 10.3. The third-order valence-electron chi connectivity index (χ3n) is 5.66. The molecule has 0 radical (unpaired) electrons. The van der Waals surface area contributed by atoms with E-state index in [0.717, 1.165) is 59.6 Å². The summed E-state index contributed by atoms with van der Waals surface area (Å²) in [5.74, 6) is -0.509. The lowest BCUT2D eigenvalue weighted by Gasteiger charge is -2.29. The van der Waals surface area contributed by atoms with E-state index in [1.165, 1.54) is 11.8 Å². The van der Waals surface area contributed by atoms with Gasteiger partial charge in [-0.15, -0.1) is 0 Å². The molecule has 0 amide bonds. The van der Waals surface area contributed by atoms with Crippen LogP contribution in [0.15, 0.2) is 54.9 Å². The van der Waals surface area contributed by atoms with Crippen molar-refractivity contribution in [2.24, 2.45) is 7.05 Å². The Morgan fingerprint density at radius 1 is 0.967 bits per heavy atom. The number of halogens is 2. The van der Waals surface area contributed by atoms with Crippen LogP contribution >= 0.6 is 11.6 Å². The Hall–Kier alpha value is -2.96. The molecule has 1 saturated heterocycles. The van der Waals surface area contributed by atoms with Crippen LogP contribution in [0.3, 0.4) is 0 Å². The average Bonchev–Trinajstić information content (AvgIpc) is 3.09. The third-order valence-corrected chi connectivity index (χ3v) is 5.97. The molecule has 0 spiro atoms. The van der Waals surface area contributed by atoms with E-state index in [-0.39, 0.29) is 0 Å². The molecule has 3 aromatic heterocycles. The Labute approximate surface area is 179 Å². The highest BCUT2D eigenvalue weighted by Gasteiger charge is 2.22. The number of benzene rings is 1. The molecular weight excluding hydrogens is 401 g/mol. The largest absolute Gasteiger partial charge is 0.369 e. The van der Waals surface area contributed by atoms with E-state index in [0.29, 0.717) is 5.02 Å². The Balaban J connectivity index is 1.68. The fraction of sp³-hybridized carbons (Fsp3) is 0.217. The normalized spacial score (nSPS) is 14.4. The summed E-state index contributed by atoms with van der Waals surface area (Å²) in [6, 6.07) is 13.4. The quantitative estimate of drug-likeness (QED) is 0.494. The highest BCUT2D eigenvalue weighted by atomic mass is 35.5. The first-order chi connectivity index (χ1) is 14.6. The minimum Gasteiger partial charge on any atom is -0.369 e. The molecule has 0 aliphatic carbocycles. The van der Waals surface area contributed by atoms with Crippen LogP contribution in [0.25, 0.3) is 33.4 Å². The van der Waals surface area contributed by atoms with Crippen molar-refractivity contribution in [2.45, 2.75) is 0 Å². The molecule has 0 bridgehead atoms. The fourth-order valence-electron chi connectivity index (χ4n) is 4.20. The molecule has 1 N–H and O–H groups in total. The third kappa shape index (κ3) is 3.22. The van der Waals surface area contributed by atoms with Gasteiger partial charge in [0, 0.05) is 67.8 Å². The van der Waals surface area contributed by atoms with E-state index in [1.807, 2.05) is 11.6 Å². The van der Waals surface area contributed by atoms with Crippen LogP contribution in [-0.4, -0.2) is 40.7 Å². The number of aromatic nitrogens is 3. The van der Waals surface area contributed by atoms with Crippen LogP contribution in [0, 0.1) is 5.95 Å². The highest BCUT2D eigenvalue weighted by molar-refractivity contribution is 6.37. The van der Waals surface area contributed by atoms with Crippen molar-refractivity contribution >= 4 is 28.3 Å².